The Balaban J connectivity index is 2.31. The van der Waals surface area contributed by atoms with Gasteiger partial charge in [-0.15, -0.1) is 0 Å². The van der Waals surface area contributed by atoms with Crippen LogP contribution in [0.5, 0.6) is 0 Å². The van der Waals surface area contributed by atoms with Crippen molar-refractivity contribution < 1.29 is 13.2 Å². The minimum atomic E-state index is -1.65. The normalized spacial score (nSPS) is 11.2. The monoisotopic (exact) mass is 282 g/mol. The summed E-state index contributed by atoms with van der Waals surface area (Å²) in [5.74, 6) is -4.63. The second-order valence-corrected chi connectivity index (χ2v) is 3.94. The molecule has 3 N–H and O–H groups in total. The van der Waals surface area contributed by atoms with Gasteiger partial charge in [0.25, 0.3) is 5.56 Å². The van der Waals surface area contributed by atoms with Gasteiger partial charge in [-0.05, 0) is 12.1 Å². The lowest BCUT2D eigenvalue weighted by atomic mass is 10.2. The van der Waals surface area contributed by atoms with Crippen molar-refractivity contribution in [3.8, 4) is 11.4 Å². The molecular formula is C11H5F3N4O2. The average molecular weight is 282 g/mol. The number of hydrogen-bond donors (Lipinski definition) is 3. The molecular weight excluding hydrogens is 277 g/mol. The molecule has 0 fully saturated rings. The Kier molecular flexibility index (Phi) is 2.49. The maximum Gasteiger partial charge on any atom is 0.327 e. The van der Waals surface area contributed by atoms with Crippen LogP contribution < -0.4 is 11.2 Å². The number of halogens is 3. The Bertz CT molecular complexity index is 941. The third kappa shape index (κ3) is 1.71. The number of nitrogens with zero attached hydrogens (tertiary/aromatic N) is 1. The molecule has 102 valence electrons. The van der Waals surface area contributed by atoms with E-state index in [1.807, 2.05) is 4.98 Å². The number of hydrogen-bond acceptors (Lipinski definition) is 3. The number of benzene rings is 1. The van der Waals surface area contributed by atoms with Crippen LogP contribution in [0, 0.1) is 17.5 Å². The van der Waals surface area contributed by atoms with Crippen LogP contribution in [0.3, 0.4) is 0 Å². The van der Waals surface area contributed by atoms with Gasteiger partial charge < -0.3 is 4.98 Å². The molecule has 0 unspecified atom stereocenters. The number of imidazole rings is 1. The highest BCUT2D eigenvalue weighted by molar-refractivity contribution is 5.74. The molecule has 0 atom stereocenters. The molecule has 20 heavy (non-hydrogen) atoms. The number of aromatic nitrogens is 4. The van der Waals surface area contributed by atoms with Crippen molar-refractivity contribution >= 4 is 11.2 Å². The molecule has 9 heteroatoms. The molecule has 2 aromatic heterocycles. The van der Waals surface area contributed by atoms with Gasteiger partial charge in [0.1, 0.15) is 11.3 Å². The SMILES string of the molecule is O=c1[nH]c(=O)c2[nH]c(-c3ccc(F)c(F)c3F)nc2[nH]1. The first-order valence-corrected chi connectivity index (χ1v) is 5.33. The zero-order valence-corrected chi connectivity index (χ0v) is 9.55. The number of H-pyrrole nitrogens is 3. The highest BCUT2D eigenvalue weighted by atomic mass is 19.2. The van der Waals surface area contributed by atoms with E-state index in [9.17, 15) is 22.8 Å². The van der Waals surface area contributed by atoms with Gasteiger partial charge in [0.15, 0.2) is 23.1 Å². The molecule has 0 aliphatic rings. The van der Waals surface area contributed by atoms with Crippen LogP contribution in [-0.4, -0.2) is 19.9 Å². The largest absolute Gasteiger partial charge is 0.332 e. The number of nitrogens with one attached hydrogen (secondary N) is 3. The maximum atomic E-state index is 13.6. The summed E-state index contributed by atoms with van der Waals surface area (Å²) in [7, 11) is 0. The van der Waals surface area contributed by atoms with Crippen molar-refractivity contribution in [3.63, 3.8) is 0 Å². The fraction of sp³-hybridized carbons (Fsp3) is 0. The lowest BCUT2D eigenvalue weighted by Crippen LogP contribution is -2.21. The van der Waals surface area contributed by atoms with E-state index in [1.54, 1.807) is 0 Å². The lowest BCUT2D eigenvalue weighted by Gasteiger charge is -2.00. The molecule has 2 heterocycles. The first kappa shape index (κ1) is 12.2. The molecule has 0 aliphatic carbocycles. The first-order chi connectivity index (χ1) is 9.47. The van der Waals surface area contributed by atoms with E-state index < -0.39 is 28.7 Å². The fourth-order valence-corrected chi connectivity index (χ4v) is 1.77. The van der Waals surface area contributed by atoms with E-state index in [4.69, 9.17) is 0 Å². The van der Waals surface area contributed by atoms with E-state index in [2.05, 4.69) is 15.0 Å². The quantitative estimate of drug-likeness (QED) is 0.582. The Labute approximate surface area is 107 Å². The molecule has 0 bridgehead atoms. The summed E-state index contributed by atoms with van der Waals surface area (Å²) >= 11 is 0. The Morgan fingerprint density at radius 1 is 0.950 bits per heavy atom. The second kappa shape index (κ2) is 4.08. The highest BCUT2D eigenvalue weighted by Crippen LogP contribution is 2.24. The fourth-order valence-electron chi connectivity index (χ4n) is 1.77. The summed E-state index contributed by atoms with van der Waals surface area (Å²) < 4.78 is 39.6. The predicted octanol–water partition coefficient (Wildman–Crippen LogP) is 1.02. The van der Waals surface area contributed by atoms with Crippen LogP contribution in [0.15, 0.2) is 21.7 Å². The summed E-state index contributed by atoms with van der Waals surface area (Å²) in [5.41, 5.74) is -2.13. The summed E-state index contributed by atoms with van der Waals surface area (Å²) in [6.45, 7) is 0. The second-order valence-electron chi connectivity index (χ2n) is 3.94. The molecule has 0 spiro atoms. The third-order valence-electron chi connectivity index (χ3n) is 2.68. The smallest absolute Gasteiger partial charge is 0.327 e. The Hall–Kier alpha value is -2.84. The molecule has 3 aromatic rings. The topological polar surface area (TPSA) is 94.4 Å². The van der Waals surface area contributed by atoms with E-state index in [1.165, 1.54) is 0 Å². The zero-order chi connectivity index (χ0) is 14.4. The van der Waals surface area contributed by atoms with Crippen LogP contribution in [0.2, 0.25) is 0 Å². The van der Waals surface area contributed by atoms with Gasteiger partial charge in [0.05, 0.1) is 5.56 Å². The van der Waals surface area contributed by atoms with Crippen LogP contribution in [-0.2, 0) is 0 Å². The van der Waals surface area contributed by atoms with Crippen molar-refractivity contribution in [2.45, 2.75) is 0 Å². The van der Waals surface area contributed by atoms with Gasteiger partial charge in [-0.2, -0.15) is 0 Å². The minimum Gasteiger partial charge on any atom is -0.332 e. The van der Waals surface area contributed by atoms with E-state index in [0.29, 0.717) is 0 Å². The summed E-state index contributed by atoms with van der Waals surface area (Å²) in [5, 5.41) is 0. The Morgan fingerprint density at radius 3 is 2.45 bits per heavy atom. The average Bonchev–Trinajstić information content (AvgIpc) is 2.80. The van der Waals surface area contributed by atoms with E-state index in [0.717, 1.165) is 12.1 Å². The van der Waals surface area contributed by atoms with Crippen LogP contribution in [0.1, 0.15) is 0 Å². The predicted molar refractivity (Wildman–Crippen MR) is 62.6 cm³/mol. The molecule has 0 saturated carbocycles. The van der Waals surface area contributed by atoms with Crippen LogP contribution >= 0.6 is 0 Å². The molecule has 1 aromatic carbocycles. The van der Waals surface area contributed by atoms with Gasteiger partial charge in [-0.3, -0.25) is 14.8 Å². The number of rotatable bonds is 1. The molecule has 6 nitrogen and oxygen atoms in total. The Morgan fingerprint density at radius 2 is 1.70 bits per heavy atom. The van der Waals surface area contributed by atoms with Gasteiger partial charge in [0, 0.05) is 0 Å². The van der Waals surface area contributed by atoms with E-state index in [-0.39, 0.29) is 22.6 Å². The molecule has 0 aliphatic heterocycles. The van der Waals surface area contributed by atoms with Crippen LogP contribution in [0.25, 0.3) is 22.6 Å². The third-order valence-corrected chi connectivity index (χ3v) is 2.68. The molecule has 0 amide bonds. The maximum absolute atomic E-state index is 13.6. The van der Waals surface area contributed by atoms with E-state index >= 15 is 0 Å². The van der Waals surface area contributed by atoms with Crippen molar-refractivity contribution in [1.82, 2.24) is 19.9 Å². The van der Waals surface area contributed by atoms with Crippen LogP contribution in [0.4, 0.5) is 13.2 Å². The summed E-state index contributed by atoms with van der Waals surface area (Å²) in [6, 6.07) is 1.70. The van der Waals surface area contributed by atoms with Crippen molar-refractivity contribution in [1.29, 1.82) is 0 Å². The van der Waals surface area contributed by atoms with Crippen molar-refractivity contribution in [3.05, 3.63) is 50.4 Å². The minimum absolute atomic E-state index is 0.108. The highest BCUT2D eigenvalue weighted by Gasteiger charge is 2.18. The molecule has 3 rings (SSSR count). The molecule has 0 saturated heterocycles. The number of fused-ring (bicyclic) bond motifs is 1. The van der Waals surface area contributed by atoms with Crippen molar-refractivity contribution in [2.75, 3.05) is 0 Å². The van der Waals surface area contributed by atoms with Gasteiger partial charge >= 0.3 is 5.69 Å². The molecule has 0 radical (unpaired) electrons. The first-order valence-electron chi connectivity index (χ1n) is 5.33. The van der Waals surface area contributed by atoms with Gasteiger partial charge in [0.2, 0.25) is 0 Å². The summed E-state index contributed by atoms with van der Waals surface area (Å²) in [6.07, 6.45) is 0. The lowest BCUT2D eigenvalue weighted by molar-refractivity contribution is 0.448. The standard InChI is InChI=1S/C11H5F3N4O2/c12-4-2-1-3(5(13)6(4)14)8-15-7-9(16-8)17-11(20)18-10(7)19/h1-2H,(H3,15,16,17,18,19,20). The zero-order valence-electron chi connectivity index (χ0n) is 9.55. The number of aromatic amines is 3. The summed E-state index contributed by atoms with van der Waals surface area (Å²) in [4.78, 5) is 32.9. The van der Waals surface area contributed by atoms with Gasteiger partial charge in [-0.1, -0.05) is 0 Å². The van der Waals surface area contributed by atoms with Gasteiger partial charge in [-0.25, -0.2) is 22.9 Å². The van der Waals surface area contributed by atoms with Crippen molar-refractivity contribution in [2.24, 2.45) is 0 Å².